The number of nitro benzene ring substituents is 1. The van der Waals surface area contributed by atoms with E-state index in [1.807, 2.05) is 0 Å². The third kappa shape index (κ3) is 3.02. The highest BCUT2D eigenvalue weighted by Gasteiger charge is 2.29. The maximum absolute atomic E-state index is 11.3. The number of carbonyl (C=O) groups excluding carboxylic acids is 1. The van der Waals surface area contributed by atoms with E-state index in [4.69, 9.17) is 4.74 Å². The van der Waals surface area contributed by atoms with Crippen molar-refractivity contribution in [1.82, 2.24) is 0 Å². The highest BCUT2D eigenvalue weighted by atomic mass is 16.6. The van der Waals surface area contributed by atoms with Crippen LogP contribution in [0.4, 0.5) is 5.69 Å². The molecule has 0 aliphatic rings. The topological polar surface area (TPSA) is 98.9 Å². The van der Waals surface area contributed by atoms with E-state index in [2.05, 4.69) is 4.74 Å². The van der Waals surface area contributed by atoms with E-state index >= 15 is 0 Å². The summed E-state index contributed by atoms with van der Waals surface area (Å²) in [5.41, 5.74) is 0.232. The Kier molecular flexibility index (Phi) is 4.75. The van der Waals surface area contributed by atoms with Crippen molar-refractivity contribution in [2.75, 3.05) is 14.2 Å². The molecule has 0 heterocycles. The van der Waals surface area contributed by atoms with Crippen LogP contribution in [0.25, 0.3) is 0 Å². The smallest absolute Gasteiger partial charge is 0.338 e. The van der Waals surface area contributed by atoms with Crippen LogP contribution < -0.4 is 0 Å². The lowest BCUT2D eigenvalue weighted by atomic mass is 10.0. The van der Waals surface area contributed by atoms with Gasteiger partial charge in [-0.05, 0) is 17.7 Å². The molecular formula is C11H13NO6. The van der Waals surface area contributed by atoms with E-state index in [-0.39, 0.29) is 5.69 Å². The van der Waals surface area contributed by atoms with E-state index in [0.717, 1.165) is 0 Å². The second-order valence-electron chi connectivity index (χ2n) is 3.47. The normalized spacial score (nSPS) is 13.7. The van der Waals surface area contributed by atoms with Gasteiger partial charge in [-0.1, -0.05) is 0 Å². The maximum Gasteiger partial charge on any atom is 0.338 e. The average Bonchev–Trinajstić information content (AvgIpc) is 2.39. The number of ether oxygens (including phenoxy) is 2. The van der Waals surface area contributed by atoms with Gasteiger partial charge in [0.25, 0.3) is 5.69 Å². The largest absolute Gasteiger partial charge is 0.467 e. The summed E-state index contributed by atoms with van der Waals surface area (Å²) in [5, 5.41) is 20.4. The molecule has 1 aromatic rings. The summed E-state index contributed by atoms with van der Waals surface area (Å²) in [4.78, 5) is 21.2. The molecule has 0 fully saturated rings. The number of nitrogens with zero attached hydrogens (tertiary/aromatic N) is 1. The van der Waals surface area contributed by atoms with Gasteiger partial charge in [0.15, 0.2) is 6.10 Å². The molecule has 0 aliphatic heterocycles. The molecule has 0 spiro atoms. The highest BCUT2D eigenvalue weighted by Crippen LogP contribution is 2.22. The summed E-state index contributed by atoms with van der Waals surface area (Å²) in [5.74, 6) is -0.719. The SMILES string of the molecule is COC(=O)[C@@H](OC)[C@@H](O)c1ccc([N+](=O)[O-])cc1. The minimum atomic E-state index is -1.25. The molecule has 1 rings (SSSR count). The number of esters is 1. The van der Waals surface area contributed by atoms with Crippen LogP contribution in [0.1, 0.15) is 11.7 Å². The molecule has 0 saturated heterocycles. The number of carbonyl (C=O) groups is 1. The Labute approximate surface area is 103 Å². The van der Waals surface area contributed by atoms with Gasteiger partial charge in [-0.3, -0.25) is 10.1 Å². The zero-order chi connectivity index (χ0) is 13.7. The molecule has 0 aliphatic carbocycles. The van der Waals surface area contributed by atoms with Gasteiger partial charge in [0, 0.05) is 19.2 Å². The lowest BCUT2D eigenvalue weighted by Gasteiger charge is -2.19. The summed E-state index contributed by atoms with van der Waals surface area (Å²) in [6.45, 7) is 0. The number of aliphatic hydroxyl groups is 1. The molecule has 98 valence electrons. The Hall–Kier alpha value is -1.99. The zero-order valence-electron chi connectivity index (χ0n) is 9.90. The Morgan fingerprint density at radius 3 is 2.28 bits per heavy atom. The quantitative estimate of drug-likeness (QED) is 0.475. The Balaban J connectivity index is 2.91. The average molecular weight is 255 g/mol. The Morgan fingerprint density at radius 1 is 1.33 bits per heavy atom. The molecular weight excluding hydrogens is 242 g/mol. The number of hydrogen-bond donors (Lipinski definition) is 1. The summed E-state index contributed by atoms with van der Waals surface area (Å²) in [6.07, 6.45) is -2.42. The van der Waals surface area contributed by atoms with Gasteiger partial charge in [0.2, 0.25) is 0 Å². The van der Waals surface area contributed by atoms with E-state index in [1.54, 1.807) is 0 Å². The number of non-ortho nitro benzene ring substituents is 1. The van der Waals surface area contributed by atoms with Crippen molar-refractivity contribution in [2.45, 2.75) is 12.2 Å². The third-order valence-corrected chi connectivity index (χ3v) is 2.42. The van der Waals surface area contributed by atoms with Gasteiger partial charge >= 0.3 is 5.97 Å². The van der Waals surface area contributed by atoms with Crippen LogP contribution in [0, 0.1) is 10.1 Å². The van der Waals surface area contributed by atoms with Crippen molar-refractivity contribution in [1.29, 1.82) is 0 Å². The molecule has 1 aromatic carbocycles. The first-order valence-corrected chi connectivity index (χ1v) is 5.04. The zero-order valence-corrected chi connectivity index (χ0v) is 9.90. The van der Waals surface area contributed by atoms with Crippen LogP contribution in [-0.4, -0.2) is 36.3 Å². The van der Waals surface area contributed by atoms with Gasteiger partial charge in [0.05, 0.1) is 12.0 Å². The van der Waals surface area contributed by atoms with Crippen molar-refractivity contribution in [3.8, 4) is 0 Å². The Morgan fingerprint density at radius 2 is 1.89 bits per heavy atom. The molecule has 1 N–H and O–H groups in total. The van der Waals surface area contributed by atoms with Crippen molar-refractivity contribution in [2.24, 2.45) is 0 Å². The number of rotatable bonds is 5. The van der Waals surface area contributed by atoms with Crippen molar-refractivity contribution < 1.29 is 24.3 Å². The molecule has 0 aromatic heterocycles. The van der Waals surface area contributed by atoms with Gasteiger partial charge in [-0.2, -0.15) is 0 Å². The van der Waals surface area contributed by atoms with Crippen molar-refractivity contribution in [3.63, 3.8) is 0 Å². The standard InChI is InChI=1S/C11H13NO6/c1-17-10(11(14)18-2)9(13)7-3-5-8(6-4-7)12(15)16/h3-6,9-10,13H,1-2H3/t9-,10-/m0/s1. The number of nitro groups is 1. The van der Waals surface area contributed by atoms with Gasteiger partial charge in [-0.15, -0.1) is 0 Å². The fourth-order valence-electron chi connectivity index (χ4n) is 1.44. The number of hydrogen-bond acceptors (Lipinski definition) is 6. The molecule has 0 radical (unpaired) electrons. The predicted molar refractivity (Wildman–Crippen MR) is 60.9 cm³/mol. The minimum Gasteiger partial charge on any atom is -0.467 e. The molecule has 0 saturated carbocycles. The summed E-state index contributed by atoms with van der Waals surface area (Å²) in [7, 11) is 2.44. The fourth-order valence-corrected chi connectivity index (χ4v) is 1.44. The molecule has 18 heavy (non-hydrogen) atoms. The first kappa shape index (κ1) is 14.1. The monoisotopic (exact) mass is 255 g/mol. The van der Waals surface area contributed by atoms with E-state index in [9.17, 15) is 20.0 Å². The van der Waals surface area contributed by atoms with E-state index in [1.165, 1.54) is 38.5 Å². The second-order valence-corrected chi connectivity index (χ2v) is 3.47. The molecule has 7 heteroatoms. The molecule has 0 unspecified atom stereocenters. The first-order chi connectivity index (χ1) is 8.51. The van der Waals surface area contributed by atoms with Gasteiger partial charge < -0.3 is 14.6 Å². The number of benzene rings is 1. The Bertz CT molecular complexity index is 430. The molecule has 7 nitrogen and oxygen atoms in total. The second kappa shape index (κ2) is 6.08. The number of methoxy groups -OCH3 is 2. The fraction of sp³-hybridized carbons (Fsp3) is 0.364. The van der Waals surface area contributed by atoms with Crippen LogP contribution in [0.5, 0.6) is 0 Å². The number of aliphatic hydroxyl groups excluding tert-OH is 1. The summed E-state index contributed by atoms with van der Waals surface area (Å²) in [6, 6.07) is 5.20. The first-order valence-electron chi connectivity index (χ1n) is 5.04. The van der Waals surface area contributed by atoms with Crippen LogP contribution in [0.15, 0.2) is 24.3 Å². The van der Waals surface area contributed by atoms with Crippen LogP contribution in [0.3, 0.4) is 0 Å². The van der Waals surface area contributed by atoms with E-state index in [0.29, 0.717) is 5.56 Å². The van der Waals surface area contributed by atoms with Crippen molar-refractivity contribution in [3.05, 3.63) is 39.9 Å². The molecule has 2 atom stereocenters. The van der Waals surface area contributed by atoms with Crippen molar-refractivity contribution >= 4 is 11.7 Å². The summed E-state index contributed by atoms with van der Waals surface area (Å²) < 4.78 is 9.31. The van der Waals surface area contributed by atoms with Gasteiger partial charge in [0.1, 0.15) is 6.10 Å². The minimum absolute atomic E-state index is 0.0991. The summed E-state index contributed by atoms with van der Waals surface area (Å²) >= 11 is 0. The molecule has 0 amide bonds. The maximum atomic E-state index is 11.3. The van der Waals surface area contributed by atoms with E-state index < -0.39 is 23.1 Å². The highest BCUT2D eigenvalue weighted by molar-refractivity contribution is 5.75. The van der Waals surface area contributed by atoms with Crippen LogP contribution in [0.2, 0.25) is 0 Å². The lowest BCUT2D eigenvalue weighted by Crippen LogP contribution is -2.31. The van der Waals surface area contributed by atoms with Crippen LogP contribution >= 0.6 is 0 Å². The van der Waals surface area contributed by atoms with Gasteiger partial charge in [-0.25, -0.2) is 4.79 Å². The predicted octanol–water partition coefficient (Wildman–Crippen LogP) is 0.816. The van der Waals surface area contributed by atoms with Crippen LogP contribution in [-0.2, 0) is 14.3 Å². The third-order valence-electron chi connectivity index (χ3n) is 2.42. The lowest BCUT2D eigenvalue weighted by molar-refractivity contribution is -0.384. The molecule has 0 bridgehead atoms.